The summed E-state index contributed by atoms with van der Waals surface area (Å²) >= 11 is 0. The summed E-state index contributed by atoms with van der Waals surface area (Å²) in [4.78, 5) is 11.1. The monoisotopic (exact) mass is 247 g/mol. The molecule has 3 N–H and O–H groups in total. The van der Waals surface area contributed by atoms with Gasteiger partial charge < -0.3 is 15.5 Å². The van der Waals surface area contributed by atoms with Gasteiger partial charge in [-0.1, -0.05) is 18.2 Å². The minimum Gasteiger partial charge on any atom is -0.476 e. The average Bonchev–Trinajstić information content (AvgIpc) is 2.38. The highest BCUT2D eigenvalue weighted by atomic mass is 16.4. The van der Waals surface area contributed by atoms with Crippen LogP contribution in [0.15, 0.2) is 24.3 Å². The first-order chi connectivity index (χ1) is 8.74. The molecule has 0 aliphatic heterocycles. The summed E-state index contributed by atoms with van der Waals surface area (Å²) < 4.78 is 0. The largest absolute Gasteiger partial charge is 0.476 e. The van der Waals surface area contributed by atoms with Crippen LogP contribution in [0.1, 0.15) is 16.9 Å². The van der Waals surface area contributed by atoms with Gasteiger partial charge in [0.15, 0.2) is 5.69 Å². The van der Waals surface area contributed by atoms with E-state index in [0.717, 1.165) is 0 Å². The van der Waals surface area contributed by atoms with Gasteiger partial charge in [0.25, 0.3) is 0 Å². The number of carbonyl (C=O) groups is 1. The lowest BCUT2D eigenvalue weighted by molar-refractivity contribution is 0.0690. The summed E-state index contributed by atoms with van der Waals surface area (Å²) in [5.41, 5.74) is 0.974. The molecule has 0 aliphatic rings. The van der Waals surface area contributed by atoms with E-state index in [9.17, 15) is 4.79 Å². The number of aliphatic hydroxyl groups is 1. The summed E-state index contributed by atoms with van der Waals surface area (Å²) in [6, 6.07) is 7.19. The maximum atomic E-state index is 11.1. The first kappa shape index (κ1) is 12.3. The maximum absolute atomic E-state index is 11.1. The lowest BCUT2D eigenvalue weighted by Gasteiger charge is -2.10. The van der Waals surface area contributed by atoms with E-state index in [1.54, 1.807) is 12.1 Å². The third-order valence-corrected chi connectivity index (χ3v) is 2.51. The Hall–Kier alpha value is -2.21. The van der Waals surface area contributed by atoms with Crippen molar-refractivity contribution in [2.24, 2.45) is 0 Å². The number of carboxylic acids is 1. The Morgan fingerprint density at radius 3 is 2.78 bits per heavy atom. The number of carboxylic acid groups (broad SMARTS) is 1. The number of nitrogens with zero attached hydrogens (tertiary/aromatic N) is 2. The molecule has 0 saturated heterocycles. The van der Waals surface area contributed by atoms with Gasteiger partial charge >= 0.3 is 5.97 Å². The average molecular weight is 247 g/mol. The number of fused-ring (bicyclic) bond motifs is 1. The van der Waals surface area contributed by atoms with E-state index in [2.05, 4.69) is 15.5 Å². The number of anilines is 1. The molecule has 0 atom stereocenters. The predicted molar refractivity (Wildman–Crippen MR) is 66.7 cm³/mol. The van der Waals surface area contributed by atoms with Crippen LogP contribution < -0.4 is 5.32 Å². The molecule has 0 bridgehead atoms. The van der Waals surface area contributed by atoms with Crippen molar-refractivity contribution in [2.75, 3.05) is 18.5 Å². The molecule has 2 aromatic rings. The van der Waals surface area contributed by atoms with Crippen molar-refractivity contribution in [3.05, 3.63) is 30.0 Å². The molecule has 0 saturated carbocycles. The summed E-state index contributed by atoms with van der Waals surface area (Å²) in [7, 11) is 0. The molecule has 6 heteroatoms. The quantitative estimate of drug-likeness (QED) is 0.685. The van der Waals surface area contributed by atoms with Gasteiger partial charge in [-0.05, 0) is 12.5 Å². The molecule has 0 unspecified atom stereocenters. The molecule has 0 aliphatic carbocycles. The van der Waals surface area contributed by atoms with Gasteiger partial charge in [0, 0.05) is 18.5 Å². The second kappa shape index (κ2) is 5.42. The molecule has 1 aromatic carbocycles. The minimum atomic E-state index is -1.13. The van der Waals surface area contributed by atoms with E-state index in [0.29, 0.717) is 29.6 Å². The first-order valence-electron chi connectivity index (χ1n) is 5.57. The van der Waals surface area contributed by atoms with Gasteiger partial charge in [-0.25, -0.2) is 4.79 Å². The number of aliphatic hydroxyl groups excluding tert-OH is 1. The highest BCUT2D eigenvalue weighted by Gasteiger charge is 2.15. The number of benzene rings is 1. The lowest BCUT2D eigenvalue weighted by atomic mass is 10.1. The Labute approximate surface area is 103 Å². The fraction of sp³-hybridized carbons (Fsp3) is 0.250. The molecule has 6 nitrogen and oxygen atoms in total. The van der Waals surface area contributed by atoms with E-state index in [4.69, 9.17) is 10.2 Å². The smallest absolute Gasteiger partial charge is 0.358 e. The third-order valence-electron chi connectivity index (χ3n) is 2.51. The van der Waals surface area contributed by atoms with Crippen molar-refractivity contribution in [3.63, 3.8) is 0 Å². The van der Waals surface area contributed by atoms with E-state index < -0.39 is 5.97 Å². The number of aromatic nitrogens is 2. The van der Waals surface area contributed by atoms with E-state index in [1.165, 1.54) is 0 Å². The van der Waals surface area contributed by atoms with Gasteiger partial charge in [-0.2, -0.15) is 0 Å². The SMILES string of the molecule is O=C(O)c1nnc2ccccc2c1NCCCO. The topological polar surface area (TPSA) is 95.3 Å². The summed E-state index contributed by atoms with van der Waals surface area (Å²) in [6.45, 7) is 0.526. The van der Waals surface area contributed by atoms with E-state index in [1.807, 2.05) is 12.1 Å². The molecule has 0 radical (unpaired) electrons. The molecule has 18 heavy (non-hydrogen) atoms. The van der Waals surface area contributed by atoms with Crippen LogP contribution in [0, 0.1) is 0 Å². The van der Waals surface area contributed by atoms with Crippen molar-refractivity contribution in [1.29, 1.82) is 0 Å². The second-order valence-electron chi connectivity index (χ2n) is 3.75. The molecule has 2 rings (SSSR count). The van der Waals surface area contributed by atoms with Crippen molar-refractivity contribution in [2.45, 2.75) is 6.42 Å². The van der Waals surface area contributed by atoms with Crippen molar-refractivity contribution >= 4 is 22.6 Å². The number of hydrogen-bond acceptors (Lipinski definition) is 5. The molecule has 1 heterocycles. The van der Waals surface area contributed by atoms with Gasteiger partial charge in [0.2, 0.25) is 0 Å². The maximum Gasteiger partial charge on any atom is 0.358 e. The molecule has 94 valence electrons. The number of rotatable bonds is 5. The van der Waals surface area contributed by atoms with Crippen LogP contribution >= 0.6 is 0 Å². The Morgan fingerprint density at radius 1 is 1.28 bits per heavy atom. The van der Waals surface area contributed by atoms with Crippen LogP contribution in [-0.2, 0) is 0 Å². The van der Waals surface area contributed by atoms with Crippen LogP contribution in [-0.4, -0.2) is 39.5 Å². The normalized spacial score (nSPS) is 10.5. The van der Waals surface area contributed by atoms with Gasteiger partial charge in [0.05, 0.1) is 11.2 Å². The molecular formula is C12H13N3O3. The second-order valence-corrected chi connectivity index (χ2v) is 3.75. The van der Waals surface area contributed by atoms with E-state index >= 15 is 0 Å². The standard InChI is InChI=1S/C12H13N3O3/c16-7-3-6-13-10-8-4-1-2-5-9(8)14-15-11(10)12(17)18/h1-2,4-5,16H,3,6-7H2,(H,13,14)(H,17,18). The van der Waals surface area contributed by atoms with Gasteiger partial charge in [-0.15, -0.1) is 10.2 Å². The Morgan fingerprint density at radius 2 is 2.06 bits per heavy atom. The van der Waals surface area contributed by atoms with Crippen molar-refractivity contribution < 1.29 is 15.0 Å². The number of nitrogens with one attached hydrogen (secondary N) is 1. The Balaban J connectivity index is 2.48. The van der Waals surface area contributed by atoms with Gasteiger partial charge in [-0.3, -0.25) is 0 Å². The Bertz CT molecular complexity index is 571. The number of hydrogen-bond donors (Lipinski definition) is 3. The summed E-state index contributed by atoms with van der Waals surface area (Å²) in [6.07, 6.45) is 0.537. The minimum absolute atomic E-state index is 0.0475. The Kier molecular flexibility index (Phi) is 3.69. The zero-order chi connectivity index (χ0) is 13.0. The van der Waals surface area contributed by atoms with Crippen LogP contribution in [0.5, 0.6) is 0 Å². The van der Waals surface area contributed by atoms with Crippen molar-refractivity contribution in [3.8, 4) is 0 Å². The van der Waals surface area contributed by atoms with Crippen LogP contribution in [0.25, 0.3) is 10.9 Å². The fourth-order valence-corrected chi connectivity index (χ4v) is 1.67. The molecule has 0 amide bonds. The molecule has 0 fully saturated rings. The summed E-state index contributed by atoms with van der Waals surface area (Å²) in [5, 5.41) is 29.1. The van der Waals surface area contributed by atoms with Crippen LogP contribution in [0.4, 0.5) is 5.69 Å². The number of aromatic carboxylic acids is 1. The van der Waals surface area contributed by atoms with Crippen LogP contribution in [0.3, 0.4) is 0 Å². The van der Waals surface area contributed by atoms with Crippen molar-refractivity contribution in [1.82, 2.24) is 10.2 Å². The molecule has 0 spiro atoms. The highest BCUT2D eigenvalue weighted by Crippen LogP contribution is 2.24. The van der Waals surface area contributed by atoms with Gasteiger partial charge in [0.1, 0.15) is 0 Å². The van der Waals surface area contributed by atoms with Crippen LogP contribution in [0.2, 0.25) is 0 Å². The van der Waals surface area contributed by atoms with E-state index in [-0.39, 0.29) is 12.3 Å². The lowest BCUT2D eigenvalue weighted by Crippen LogP contribution is -2.12. The predicted octanol–water partition coefficient (Wildman–Crippen LogP) is 1.12. The third kappa shape index (κ3) is 2.38. The zero-order valence-corrected chi connectivity index (χ0v) is 9.63. The highest BCUT2D eigenvalue weighted by molar-refractivity contribution is 6.02. The zero-order valence-electron chi connectivity index (χ0n) is 9.63. The fourth-order valence-electron chi connectivity index (χ4n) is 1.67. The molecule has 1 aromatic heterocycles. The first-order valence-corrected chi connectivity index (χ1v) is 5.57. The summed E-state index contributed by atoms with van der Waals surface area (Å²) in [5.74, 6) is -1.13. The molecular weight excluding hydrogens is 234 g/mol.